The summed E-state index contributed by atoms with van der Waals surface area (Å²) in [6.07, 6.45) is 3.32. The number of nitrogens with zero attached hydrogens (tertiary/aromatic N) is 3. The second-order valence-electron chi connectivity index (χ2n) is 2.30. The molecule has 0 aliphatic rings. The van der Waals surface area contributed by atoms with Gasteiger partial charge < -0.3 is 10.5 Å². The lowest BCUT2D eigenvalue weighted by atomic mass is 10.2. The lowest BCUT2D eigenvalue weighted by Gasteiger charge is -2.12. The number of carbonyl (C=O) groups is 1. The van der Waals surface area contributed by atoms with Crippen molar-refractivity contribution in [2.45, 2.75) is 19.4 Å². The molecular weight excluding hydrogens is 160 g/mol. The van der Waals surface area contributed by atoms with Crippen LogP contribution in [0.3, 0.4) is 0 Å². The molecule has 0 aliphatic heterocycles. The summed E-state index contributed by atoms with van der Waals surface area (Å²) < 4.78 is 1.42. The van der Waals surface area contributed by atoms with Crippen LogP contribution in [0.25, 0.3) is 0 Å². The number of carboxylic acid groups (broad SMARTS) is 1. The van der Waals surface area contributed by atoms with Gasteiger partial charge in [-0.2, -0.15) is 0 Å². The Balaban J connectivity index is 2.54. The molecular formula is C6H10N4O2. The van der Waals surface area contributed by atoms with Crippen LogP contribution in [0.4, 0.5) is 0 Å². The van der Waals surface area contributed by atoms with Crippen molar-refractivity contribution >= 4 is 5.97 Å². The number of aliphatic carboxylic acids is 1. The molecule has 1 heterocycles. The summed E-state index contributed by atoms with van der Waals surface area (Å²) in [5.41, 5.74) is 2.70. The molecule has 1 rings (SSSR count). The van der Waals surface area contributed by atoms with Gasteiger partial charge in [0.1, 0.15) is 18.7 Å². The maximum absolute atomic E-state index is 10.5. The lowest BCUT2D eigenvalue weighted by molar-refractivity contribution is -0.138. The van der Waals surface area contributed by atoms with Crippen molar-refractivity contribution in [1.29, 1.82) is 0 Å². The molecule has 0 saturated carbocycles. The predicted octanol–water partition coefficient (Wildman–Crippen LogP) is -0.315. The molecule has 6 heteroatoms. The third-order valence-corrected chi connectivity index (χ3v) is 1.43. The van der Waals surface area contributed by atoms with Gasteiger partial charge in [0.2, 0.25) is 0 Å². The van der Waals surface area contributed by atoms with Gasteiger partial charge >= 0.3 is 5.97 Å². The molecule has 66 valence electrons. The third kappa shape index (κ3) is 1.94. The predicted molar refractivity (Wildman–Crippen MR) is 41.1 cm³/mol. The van der Waals surface area contributed by atoms with Crippen LogP contribution in [0.15, 0.2) is 12.7 Å². The first-order valence-electron chi connectivity index (χ1n) is 3.58. The standard InChI is InChI=1S/C6H10N4O2/c1-2-5(6(11)12)9-10-3-7-8-4-10/h3-5,9H,2H2,1H3,(H,11,12). The summed E-state index contributed by atoms with van der Waals surface area (Å²) in [7, 11) is 0. The van der Waals surface area contributed by atoms with Crippen molar-refractivity contribution in [2.75, 3.05) is 5.43 Å². The van der Waals surface area contributed by atoms with E-state index in [1.165, 1.54) is 17.3 Å². The topological polar surface area (TPSA) is 80.0 Å². The molecule has 0 fully saturated rings. The van der Waals surface area contributed by atoms with Gasteiger partial charge in [-0.05, 0) is 6.42 Å². The average molecular weight is 170 g/mol. The van der Waals surface area contributed by atoms with Gasteiger partial charge in [-0.1, -0.05) is 6.92 Å². The van der Waals surface area contributed by atoms with Crippen molar-refractivity contribution in [1.82, 2.24) is 14.9 Å². The summed E-state index contributed by atoms with van der Waals surface area (Å²) in [5.74, 6) is -0.883. The van der Waals surface area contributed by atoms with Crippen LogP contribution in [-0.2, 0) is 4.79 Å². The van der Waals surface area contributed by atoms with Gasteiger partial charge in [-0.25, -0.2) is 9.47 Å². The molecule has 0 saturated heterocycles. The summed E-state index contributed by atoms with van der Waals surface area (Å²) in [6, 6.07) is -0.596. The average Bonchev–Trinajstić information content (AvgIpc) is 2.51. The van der Waals surface area contributed by atoms with E-state index in [0.717, 1.165) is 0 Å². The Morgan fingerprint density at radius 3 is 2.67 bits per heavy atom. The van der Waals surface area contributed by atoms with E-state index in [2.05, 4.69) is 15.6 Å². The van der Waals surface area contributed by atoms with E-state index in [9.17, 15) is 4.79 Å². The highest BCUT2D eigenvalue weighted by atomic mass is 16.4. The van der Waals surface area contributed by atoms with Gasteiger partial charge in [0.25, 0.3) is 0 Å². The van der Waals surface area contributed by atoms with Crippen LogP contribution in [0.5, 0.6) is 0 Å². The zero-order valence-corrected chi connectivity index (χ0v) is 6.64. The largest absolute Gasteiger partial charge is 0.480 e. The minimum atomic E-state index is -0.883. The molecule has 12 heavy (non-hydrogen) atoms. The molecule has 6 nitrogen and oxygen atoms in total. The number of hydrogen-bond acceptors (Lipinski definition) is 4. The second kappa shape index (κ2) is 3.70. The highest BCUT2D eigenvalue weighted by Gasteiger charge is 2.13. The number of rotatable bonds is 4. The molecule has 0 radical (unpaired) electrons. The number of carboxylic acids is 1. The van der Waals surface area contributed by atoms with Crippen LogP contribution in [0, 0.1) is 0 Å². The van der Waals surface area contributed by atoms with Crippen LogP contribution in [0.2, 0.25) is 0 Å². The van der Waals surface area contributed by atoms with Gasteiger partial charge in [-0.3, -0.25) is 0 Å². The van der Waals surface area contributed by atoms with E-state index in [0.29, 0.717) is 6.42 Å². The molecule has 0 aliphatic carbocycles. The second-order valence-corrected chi connectivity index (χ2v) is 2.30. The van der Waals surface area contributed by atoms with Crippen LogP contribution < -0.4 is 5.43 Å². The van der Waals surface area contributed by atoms with E-state index < -0.39 is 12.0 Å². The normalized spacial score (nSPS) is 12.4. The maximum Gasteiger partial charge on any atom is 0.327 e. The van der Waals surface area contributed by atoms with Crippen molar-refractivity contribution in [3.05, 3.63) is 12.7 Å². The lowest BCUT2D eigenvalue weighted by Crippen LogP contribution is -2.33. The minimum Gasteiger partial charge on any atom is -0.480 e. The first-order chi connectivity index (χ1) is 5.74. The van der Waals surface area contributed by atoms with Gasteiger partial charge in [-0.15, -0.1) is 10.2 Å². The zero-order chi connectivity index (χ0) is 8.97. The van der Waals surface area contributed by atoms with Crippen LogP contribution in [0.1, 0.15) is 13.3 Å². The quantitative estimate of drug-likeness (QED) is 0.647. The van der Waals surface area contributed by atoms with Crippen LogP contribution in [-0.4, -0.2) is 32.0 Å². The van der Waals surface area contributed by atoms with Crippen LogP contribution >= 0.6 is 0 Å². The summed E-state index contributed by atoms with van der Waals surface area (Å²) >= 11 is 0. The SMILES string of the molecule is CCC(Nn1cnnc1)C(=O)O. The molecule has 0 amide bonds. The Hall–Kier alpha value is -1.59. The Morgan fingerprint density at radius 1 is 1.67 bits per heavy atom. The number of hydrogen-bond donors (Lipinski definition) is 2. The van der Waals surface area contributed by atoms with Gasteiger partial charge in [0.15, 0.2) is 0 Å². The Morgan fingerprint density at radius 2 is 2.25 bits per heavy atom. The third-order valence-electron chi connectivity index (χ3n) is 1.43. The highest BCUT2D eigenvalue weighted by Crippen LogP contribution is 1.92. The van der Waals surface area contributed by atoms with E-state index in [4.69, 9.17) is 5.11 Å². The monoisotopic (exact) mass is 170 g/mol. The minimum absolute atomic E-state index is 0.507. The molecule has 0 aromatic carbocycles. The van der Waals surface area contributed by atoms with Crippen molar-refractivity contribution in [2.24, 2.45) is 0 Å². The van der Waals surface area contributed by atoms with Crippen molar-refractivity contribution in [3.8, 4) is 0 Å². The molecule has 1 aromatic heterocycles. The number of aromatic nitrogens is 3. The fourth-order valence-electron chi connectivity index (χ4n) is 0.768. The Labute approximate surface area is 69.2 Å². The van der Waals surface area contributed by atoms with E-state index in [-0.39, 0.29) is 0 Å². The smallest absolute Gasteiger partial charge is 0.327 e. The van der Waals surface area contributed by atoms with E-state index >= 15 is 0 Å². The summed E-state index contributed by atoms with van der Waals surface area (Å²) in [4.78, 5) is 10.5. The summed E-state index contributed by atoms with van der Waals surface area (Å²) in [6.45, 7) is 1.79. The molecule has 1 unspecified atom stereocenters. The van der Waals surface area contributed by atoms with E-state index in [1.54, 1.807) is 6.92 Å². The van der Waals surface area contributed by atoms with Crippen molar-refractivity contribution < 1.29 is 9.90 Å². The van der Waals surface area contributed by atoms with Crippen molar-refractivity contribution in [3.63, 3.8) is 0 Å². The molecule has 1 aromatic rings. The Kier molecular flexibility index (Phi) is 2.62. The fraction of sp³-hybridized carbons (Fsp3) is 0.500. The number of nitrogens with one attached hydrogen (secondary N) is 1. The first kappa shape index (κ1) is 8.51. The zero-order valence-electron chi connectivity index (χ0n) is 6.64. The first-order valence-corrected chi connectivity index (χ1v) is 3.58. The highest BCUT2D eigenvalue weighted by molar-refractivity contribution is 5.74. The maximum atomic E-state index is 10.5. The molecule has 0 bridgehead atoms. The molecule has 1 atom stereocenters. The summed E-state index contributed by atoms with van der Waals surface area (Å²) in [5, 5.41) is 15.7. The van der Waals surface area contributed by atoms with E-state index in [1.807, 2.05) is 0 Å². The molecule has 0 spiro atoms. The molecule has 2 N–H and O–H groups in total. The Bertz CT molecular complexity index is 246. The van der Waals surface area contributed by atoms with Gasteiger partial charge in [0, 0.05) is 0 Å². The van der Waals surface area contributed by atoms with Gasteiger partial charge in [0.05, 0.1) is 0 Å². The fourth-order valence-corrected chi connectivity index (χ4v) is 0.768.